The van der Waals surface area contributed by atoms with Gasteiger partial charge in [-0.3, -0.25) is 29.1 Å². The van der Waals surface area contributed by atoms with Crippen molar-refractivity contribution >= 4 is 31.4 Å². The molecule has 0 aliphatic carbocycles. The number of carbonyl (C=O) groups is 4. The Kier molecular flexibility index (Phi) is 18.7. The van der Waals surface area contributed by atoms with Crippen molar-refractivity contribution in [1.82, 2.24) is 10.6 Å². The topological polar surface area (TPSA) is 204 Å². The molecule has 0 radical (unpaired) electrons. The van der Waals surface area contributed by atoms with Gasteiger partial charge in [-0.15, -0.1) is 0 Å². The fourth-order valence-corrected chi connectivity index (χ4v) is 7.63. The highest BCUT2D eigenvalue weighted by atomic mass is 31.2. The average molecular weight is 748 g/mol. The zero-order valence-corrected chi connectivity index (χ0v) is 32.2. The van der Waals surface area contributed by atoms with E-state index in [2.05, 4.69) is 10.6 Å². The summed E-state index contributed by atoms with van der Waals surface area (Å²) in [5.74, 6) is -4.11. The molecular formula is C38H58N3O10P. The highest BCUT2D eigenvalue weighted by Gasteiger charge is 2.64. The van der Waals surface area contributed by atoms with Gasteiger partial charge in [-0.2, -0.15) is 0 Å². The molecule has 0 bridgehead atoms. The number of esters is 3. The van der Waals surface area contributed by atoms with E-state index in [0.29, 0.717) is 18.5 Å². The van der Waals surface area contributed by atoms with Crippen molar-refractivity contribution in [3.63, 3.8) is 0 Å². The van der Waals surface area contributed by atoms with Crippen LogP contribution in [0.2, 0.25) is 0 Å². The van der Waals surface area contributed by atoms with E-state index in [-0.39, 0.29) is 38.8 Å². The summed E-state index contributed by atoms with van der Waals surface area (Å²) in [6.45, 7) is 10.2. The van der Waals surface area contributed by atoms with Gasteiger partial charge in [0.05, 0.1) is 19.1 Å². The van der Waals surface area contributed by atoms with E-state index in [1.165, 1.54) is 0 Å². The number of nitrogens with one attached hydrogen (secondary N) is 2. The molecule has 14 heteroatoms. The van der Waals surface area contributed by atoms with Crippen LogP contribution in [0.3, 0.4) is 0 Å². The molecule has 0 heterocycles. The van der Waals surface area contributed by atoms with Crippen LogP contribution in [-0.2, 0) is 44.4 Å². The highest BCUT2D eigenvalue weighted by molar-refractivity contribution is 7.53. The number of carbonyl (C=O) groups excluding carboxylic acids is 4. The minimum absolute atomic E-state index is 0.0761. The molecule has 6 N–H and O–H groups in total. The molecule has 0 spiro atoms. The van der Waals surface area contributed by atoms with Gasteiger partial charge in [0.25, 0.3) is 0 Å². The molecule has 0 aromatic heterocycles. The zero-order chi connectivity index (χ0) is 38.9. The summed E-state index contributed by atoms with van der Waals surface area (Å²) in [5.41, 5.74) is 8.04. The van der Waals surface area contributed by atoms with Crippen molar-refractivity contribution in [3.8, 4) is 11.1 Å². The van der Waals surface area contributed by atoms with Crippen LogP contribution >= 0.6 is 7.60 Å². The molecule has 0 aliphatic rings. The minimum Gasteiger partial charge on any atom is -0.466 e. The molecule has 0 fully saturated rings. The summed E-state index contributed by atoms with van der Waals surface area (Å²) in [5, 5.41) is 3.10. The van der Waals surface area contributed by atoms with Crippen LogP contribution < -0.4 is 16.4 Å². The molecule has 0 aliphatic heterocycles. The monoisotopic (exact) mass is 747 g/mol. The molecule has 2 aromatic rings. The number of unbranched alkanes of at least 4 members (excludes halogenated alkanes) is 2. The van der Waals surface area contributed by atoms with Crippen molar-refractivity contribution in [2.24, 2.45) is 17.6 Å². The van der Waals surface area contributed by atoms with Crippen molar-refractivity contribution in [2.75, 3.05) is 19.7 Å². The van der Waals surface area contributed by atoms with E-state index in [4.69, 9.17) is 19.9 Å². The first-order valence-corrected chi connectivity index (χ1v) is 19.7. The largest absolute Gasteiger partial charge is 0.466 e. The van der Waals surface area contributed by atoms with Crippen LogP contribution in [0.25, 0.3) is 11.1 Å². The quantitative estimate of drug-likeness (QED) is 0.0448. The standard InChI is InChI=1S/C38H58N3O10P/c1-7-32(42)50-35(26(3)4)38(52(46,47)48,36(27(5)6)51-33(43)8-2)41-31(37(45)40-23-21-34(44)49-24-14-10-13-22-39)25-28-17-19-30(20-18-28)29-15-11-9-12-16-29/h9,11-12,15-20,26-27,31,35-36,41H,7-8,10,13-14,21-25,39H2,1-6H3,(H,40,45)(H2,46,47,48). The second-order valence-corrected chi connectivity index (χ2v) is 15.3. The second kappa shape index (κ2) is 21.8. The lowest BCUT2D eigenvalue weighted by Gasteiger charge is -2.49. The summed E-state index contributed by atoms with van der Waals surface area (Å²) in [4.78, 5) is 74.8. The number of amides is 1. The molecule has 2 rings (SSSR count). The fourth-order valence-electron chi connectivity index (χ4n) is 5.94. The van der Waals surface area contributed by atoms with Gasteiger partial charge in [0, 0.05) is 19.4 Å². The Bertz CT molecular complexity index is 1430. The lowest BCUT2D eigenvalue weighted by atomic mass is 9.87. The van der Waals surface area contributed by atoms with Gasteiger partial charge in [-0.25, -0.2) is 0 Å². The van der Waals surface area contributed by atoms with Gasteiger partial charge in [0.1, 0.15) is 12.2 Å². The Morgan fingerprint density at radius 1 is 0.788 bits per heavy atom. The molecule has 3 unspecified atom stereocenters. The van der Waals surface area contributed by atoms with Crippen LogP contribution in [0.5, 0.6) is 0 Å². The molecule has 1 amide bonds. The number of ether oxygens (including phenoxy) is 3. The maximum Gasteiger partial charge on any atom is 0.353 e. The van der Waals surface area contributed by atoms with E-state index >= 15 is 0 Å². The van der Waals surface area contributed by atoms with Crippen molar-refractivity contribution in [3.05, 3.63) is 60.2 Å². The van der Waals surface area contributed by atoms with Crippen LogP contribution in [0.1, 0.15) is 85.6 Å². The summed E-state index contributed by atoms with van der Waals surface area (Å²) < 4.78 is 30.8. The van der Waals surface area contributed by atoms with Crippen LogP contribution in [0, 0.1) is 11.8 Å². The summed E-state index contributed by atoms with van der Waals surface area (Å²) in [6, 6.07) is 15.6. The number of nitrogens with two attached hydrogens (primary N) is 1. The van der Waals surface area contributed by atoms with E-state index in [9.17, 15) is 33.5 Å². The molecule has 3 atom stereocenters. The number of hydrogen-bond donors (Lipinski definition) is 5. The molecule has 52 heavy (non-hydrogen) atoms. The molecule has 290 valence electrons. The van der Waals surface area contributed by atoms with Gasteiger partial charge in [-0.1, -0.05) is 96.1 Å². The predicted molar refractivity (Wildman–Crippen MR) is 199 cm³/mol. The third-order valence-corrected chi connectivity index (χ3v) is 10.2. The first kappa shape index (κ1) is 44.6. The summed E-state index contributed by atoms with van der Waals surface area (Å²) >= 11 is 0. The van der Waals surface area contributed by atoms with Gasteiger partial charge in [0.2, 0.25) is 5.91 Å². The van der Waals surface area contributed by atoms with E-state index in [0.717, 1.165) is 24.0 Å². The molecule has 2 aromatic carbocycles. The predicted octanol–water partition coefficient (Wildman–Crippen LogP) is 4.86. The normalized spacial score (nSPS) is 14.6. The molecule has 0 saturated carbocycles. The van der Waals surface area contributed by atoms with Crippen LogP contribution in [0.4, 0.5) is 0 Å². The second-order valence-electron chi connectivity index (χ2n) is 13.5. The number of benzene rings is 2. The van der Waals surface area contributed by atoms with Crippen molar-refractivity contribution < 1.29 is 47.7 Å². The van der Waals surface area contributed by atoms with Crippen molar-refractivity contribution in [2.45, 2.75) is 110 Å². The Morgan fingerprint density at radius 2 is 1.33 bits per heavy atom. The van der Waals surface area contributed by atoms with E-state index < -0.39 is 66.8 Å². The van der Waals surface area contributed by atoms with Crippen LogP contribution in [0.15, 0.2) is 54.6 Å². The SMILES string of the molecule is CCC(=O)OC(C(C)C)C(NC(Cc1ccc(-c2ccccc2)cc1)C(=O)NCCC(=O)OCCCCCN)(C(OC(=O)CC)C(C)C)P(=O)(O)O. The van der Waals surface area contributed by atoms with Gasteiger partial charge < -0.3 is 35.0 Å². The Hall–Kier alpha value is -3.61. The minimum atomic E-state index is -5.50. The molecule has 0 saturated heterocycles. The smallest absolute Gasteiger partial charge is 0.353 e. The third kappa shape index (κ3) is 13.1. The zero-order valence-electron chi connectivity index (χ0n) is 31.3. The van der Waals surface area contributed by atoms with Crippen LogP contribution in [-0.4, -0.2) is 76.8 Å². The number of hydrogen-bond acceptors (Lipinski definition) is 10. The van der Waals surface area contributed by atoms with Gasteiger partial charge >= 0.3 is 25.5 Å². The molecular weight excluding hydrogens is 689 g/mol. The Morgan fingerprint density at radius 3 is 1.81 bits per heavy atom. The lowest BCUT2D eigenvalue weighted by Crippen LogP contribution is -2.70. The Labute approximate surface area is 307 Å². The van der Waals surface area contributed by atoms with E-state index in [1.807, 2.05) is 42.5 Å². The fraction of sp³-hybridized carbons (Fsp3) is 0.579. The summed E-state index contributed by atoms with van der Waals surface area (Å²) in [7, 11) is -5.50. The van der Waals surface area contributed by atoms with Gasteiger partial charge in [0.15, 0.2) is 5.28 Å². The van der Waals surface area contributed by atoms with Gasteiger partial charge in [-0.05, 0) is 60.8 Å². The lowest BCUT2D eigenvalue weighted by molar-refractivity contribution is -0.169. The first-order valence-electron chi connectivity index (χ1n) is 18.1. The first-order chi connectivity index (χ1) is 24.6. The molecule has 13 nitrogen and oxygen atoms in total. The average Bonchev–Trinajstić information content (AvgIpc) is 3.11. The maximum absolute atomic E-state index is 14.1. The Balaban J connectivity index is 2.63. The maximum atomic E-state index is 14.1. The number of rotatable bonds is 23. The summed E-state index contributed by atoms with van der Waals surface area (Å²) in [6.07, 6.45) is -1.22. The highest BCUT2D eigenvalue weighted by Crippen LogP contribution is 2.57. The van der Waals surface area contributed by atoms with Crippen molar-refractivity contribution in [1.29, 1.82) is 0 Å². The van der Waals surface area contributed by atoms with E-state index in [1.54, 1.807) is 53.7 Å². The third-order valence-electron chi connectivity index (χ3n) is 8.62.